The molecule has 0 N–H and O–H groups in total. The first kappa shape index (κ1) is 15.7. The lowest BCUT2D eigenvalue weighted by Gasteiger charge is -2.16. The zero-order valence-corrected chi connectivity index (χ0v) is 13.1. The van der Waals surface area contributed by atoms with Crippen molar-refractivity contribution in [1.82, 2.24) is 0 Å². The summed E-state index contributed by atoms with van der Waals surface area (Å²) in [5, 5.41) is 0. The van der Waals surface area contributed by atoms with Gasteiger partial charge in [-0.3, -0.25) is 9.59 Å². The third-order valence-electron chi connectivity index (χ3n) is 5.01. The molecule has 1 aromatic carbocycles. The number of carbonyl (C=O) groups excluding carboxylic acids is 2. The van der Waals surface area contributed by atoms with Crippen molar-refractivity contribution < 1.29 is 19.1 Å². The van der Waals surface area contributed by atoms with Gasteiger partial charge >= 0.3 is 0 Å². The summed E-state index contributed by atoms with van der Waals surface area (Å²) in [7, 11) is 1.56. The van der Waals surface area contributed by atoms with E-state index >= 15 is 0 Å². The van der Waals surface area contributed by atoms with Gasteiger partial charge in [-0.05, 0) is 25.0 Å². The van der Waals surface area contributed by atoms with E-state index in [4.69, 9.17) is 9.47 Å². The molecule has 0 aromatic heterocycles. The van der Waals surface area contributed by atoms with Crippen LogP contribution in [0.2, 0.25) is 0 Å². The molecule has 2 heterocycles. The van der Waals surface area contributed by atoms with E-state index in [-0.39, 0.29) is 43.0 Å². The van der Waals surface area contributed by atoms with Crippen molar-refractivity contribution in [3.8, 4) is 5.75 Å². The molecule has 3 aliphatic rings. The van der Waals surface area contributed by atoms with Gasteiger partial charge in [-0.1, -0.05) is 29.4 Å². The van der Waals surface area contributed by atoms with Crippen molar-refractivity contribution in [3.63, 3.8) is 0 Å². The molecule has 3 fully saturated rings. The summed E-state index contributed by atoms with van der Waals surface area (Å²) in [6.45, 7) is 0. The standard InChI is InChI=1S/C16H15BrO4.CH4/c1-20-11-6-7(17)2-3-8(11)12-15(18)13-9-4-5-10(21-9)14(13)16(12)19;/h2-3,6,9-10,12-14H,4-5H2,1H3;1H4/t9?,10?,12?,13-,14?;/m1./s1. The highest BCUT2D eigenvalue weighted by Crippen LogP contribution is 2.53. The van der Waals surface area contributed by atoms with Gasteiger partial charge in [0.05, 0.1) is 31.2 Å². The van der Waals surface area contributed by atoms with Gasteiger partial charge in [0.2, 0.25) is 0 Å². The Hall–Kier alpha value is -1.20. The van der Waals surface area contributed by atoms with Crippen LogP contribution in [0.3, 0.4) is 0 Å². The molecule has 4 nitrogen and oxygen atoms in total. The molecule has 4 rings (SSSR count). The summed E-state index contributed by atoms with van der Waals surface area (Å²) < 4.78 is 12.0. The van der Waals surface area contributed by atoms with E-state index in [9.17, 15) is 9.59 Å². The number of hydrogen-bond acceptors (Lipinski definition) is 4. The molecule has 1 aromatic rings. The minimum Gasteiger partial charge on any atom is -0.496 e. The number of benzene rings is 1. The molecule has 1 saturated carbocycles. The average molecular weight is 367 g/mol. The minimum absolute atomic E-state index is 0. The molecule has 2 saturated heterocycles. The SMILES string of the molecule is C.COc1cc(Br)ccc1C1C(=O)C2C3CCC(O3)[C@H]2C1=O. The Bertz CT molecular complexity index is 614. The molecule has 0 amide bonds. The van der Waals surface area contributed by atoms with Crippen molar-refractivity contribution in [3.05, 3.63) is 28.2 Å². The highest BCUT2D eigenvalue weighted by Gasteiger charge is 2.63. The summed E-state index contributed by atoms with van der Waals surface area (Å²) in [6, 6.07) is 5.46. The second-order valence-electron chi connectivity index (χ2n) is 5.97. The van der Waals surface area contributed by atoms with E-state index in [2.05, 4.69) is 15.9 Å². The van der Waals surface area contributed by atoms with Gasteiger partial charge < -0.3 is 9.47 Å². The van der Waals surface area contributed by atoms with Crippen LogP contribution in [0.1, 0.15) is 31.7 Å². The number of ketones is 2. The molecule has 5 atom stereocenters. The second kappa shape index (κ2) is 5.46. The van der Waals surface area contributed by atoms with Crippen LogP contribution < -0.4 is 4.74 Å². The van der Waals surface area contributed by atoms with Gasteiger partial charge in [-0.15, -0.1) is 0 Å². The predicted octanol–water partition coefficient (Wildman–Crippen LogP) is 3.12. The van der Waals surface area contributed by atoms with Crippen LogP contribution >= 0.6 is 15.9 Å². The number of ether oxygens (including phenoxy) is 2. The van der Waals surface area contributed by atoms with Crippen molar-refractivity contribution in [1.29, 1.82) is 0 Å². The Labute approximate surface area is 138 Å². The maximum absolute atomic E-state index is 12.8. The van der Waals surface area contributed by atoms with E-state index in [1.807, 2.05) is 12.1 Å². The number of fused-ring (bicyclic) bond motifs is 5. The molecular weight excluding hydrogens is 348 g/mol. The predicted molar refractivity (Wildman–Crippen MR) is 85.1 cm³/mol. The van der Waals surface area contributed by atoms with Crippen molar-refractivity contribution >= 4 is 27.5 Å². The van der Waals surface area contributed by atoms with Crippen LogP contribution in [-0.2, 0) is 14.3 Å². The Kier molecular flexibility index (Phi) is 3.89. The summed E-state index contributed by atoms with van der Waals surface area (Å²) in [6.07, 6.45) is 1.69. The van der Waals surface area contributed by atoms with Crippen LogP contribution in [-0.4, -0.2) is 30.9 Å². The van der Waals surface area contributed by atoms with E-state index in [0.29, 0.717) is 11.3 Å². The van der Waals surface area contributed by atoms with Crippen molar-refractivity contribution in [2.24, 2.45) is 11.8 Å². The maximum atomic E-state index is 12.8. The third kappa shape index (κ3) is 1.98. The molecule has 2 bridgehead atoms. The Morgan fingerprint density at radius 2 is 1.73 bits per heavy atom. The fraction of sp³-hybridized carbons (Fsp3) is 0.529. The highest BCUT2D eigenvalue weighted by molar-refractivity contribution is 9.10. The Morgan fingerprint density at radius 1 is 1.14 bits per heavy atom. The quantitative estimate of drug-likeness (QED) is 0.754. The van der Waals surface area contributed by atoms with E-state index in [0.717, 1.165) is 17.3 Å². The molecule has 4 unspecified atom stereocenters. The number of methoxy groups -OCH3 is 1. The lowest BCUT2D eigenvalue weighted by atomic mass is 9.81. The molecule has 2 aliphatic heterocycles. The number of carbonyl (C=O) groups is 2. The van der Waals surface area contributed by atoms with E-state index in [1.54, 1.807) is 13.2 Å². The maximum Gasteiger partial charge on any atom is 0.154 e. The van der Waals surface area contributed by atoms with E-state index in [1.165, 1.54) is 0 Å². The monoisotopic (exact) mass is 366 g/mol. The zero-order valence-electron chi connectivity index (χ0n) is 11.5. The van der Waals surface area contributed by atoms with Crippen LogP contribution in [0.5, 0.6) is 5.75 Å². The van der Waals surface area contributed by atoms with Crippen molar-refractivity contribution in [2.75, 3.05) is 7.11 Å². The van der Waals surface area contributed by atoms with Gasteiger partial charge in [0.15, 0.2) is 11.6 Å². The minimum atomic E-state index is -0.685. The fourth-order valence-corrected chi connectivity index (χ4v) is 4.50. The number of Topliss-reactive ketones (excluding diaryl/α,β-unsaturated/α-hetero) is 2. The van der Waals surface area contributed by atoms with Gasteiger partial charge in [-0.2, -0.15) is 0 Å². The molecule has 5 heteroatoms. The Balaban J connectivity index is 0.00000144. The third-order valence-corrected chi connectivity index (χ3v) is 5.50. The van der Waals surface area contributed by atoms with Crippen molar-refractivity contribution in [2.45, 2.75) is 38.4 Å². The molecule has 1 aliphatic carbocycles. The molecule has 0 spiro atoms. The van der Waals surface area contributed by atoms with Crippen LogP contribution in [0.25, 0.3) is 0 Å². The summed E-state index contributed by atoms with van der Waals surface area (Å²) in [4.78, 5) is 25.5. The summed E-state index contributed by atoms with van der Waals surface area (Å²) >= 11 is 3.38. The second-order valence-corrected chi connectivity index (χ2v) is 6.88. The first-order valence-corrected chi connectivity index (χ1v) is 7.97. The van der Waals surface area contributed by atoms with E-state index < -0.39 is 5.92 Å². The van der Waals surface area contributed by atoms with Gasteiger partial charge in [-0.25, -0.2) is 0 Å². The topological polar surface area (TPSA) is 52.6 Å². The molecule has 0 radical (unpaired) electrons. The molecule has 118 valence electrons. The molecular formula is C17H19BrO4. The van der Waals surface area contributed by atoms with Crippen LogP contribution in [0.4, 0.5) is 0 Å². The summed E-state index contributed by atoms with van der Waals surface area (Å²) in [5.74, 6) is -0.556. The highest BCUT2D eigenvalue weighted by atomic mass is 79.9. The van der Waals surface area contributed by atoms with Gasteiger partial charge in [0.1, 0.15) is 11.7 Å². The van der Waals surface area contributed by atoms with Gasteiger partial charge in [0, 0.05) is 10.0 Å². The normalized spacial score (nSPS) is 35.5. The van der Waals surface area contributed by atoms with Gasteiger partial charge in [0.25, 0.3) is 0 Å². The van der Waals surface area contributed by atoms with Crippen LogP contribution in [0.15, 0.2) is 22.7 Å². The number of rotatable bonds is 2. The smallest absolute Gasteiger partial charge is 0.154 e. The first-order valence-electron chi connectivity index (χ1n) is 7.18. The number of hydrogen-bond donors (Lipinski definition) is 0. The zero-order chi connectivity index (χ0) is 14.7. The lowest BCUT2D eigenvalue weighted by Crippen LogP contribution is -2.29. The van der Waals surface area contributed by atoms with Crippen LogP contribution in [0, 0.1) is 11.8 Å². The fourth-order valence-electron chi connectivity index (χ4n) is 4.16. The molecule has 22 heavy (non-hydrogen) atoms. The number of halogens is 1. The Morgan fingerprint density at radius 3 is 2.27 bits per heavy atom. The first-order chi connectivity index (χ1) is 10.1. The lowest BCUT2D eigenvalue weighted by molar-refractivity contribution is -0.127. The largest absolute Gasteiger partial charge is 0.496 e. The summed E-state index contributed by atoms with van der Waals surface area (Å²) in [5.41, 5.74) is 0.685. The average Bonchev–Trinajstić information content (AvgIpc) is 3.14.